The summed E-state index contributed by atoms with van der Waals surface area (Å²) in [5, 5.41) is 13.9. The molecule has 8 heteroatoms. The monoisotopic (exact) mass is 283 g/mol. The summed E-state index contributed by atoms with van der Waals surface area (Å²) in [6, 6.07) is 1.48. The minimum absolute atomic E-state index is 0.105. The molecule has 0 saturated carbocycles. The van der Waals surface area contributed by atoms with Crippen LogP contribution < -0.4 is 15.2 Å². The highest BCUT2D eigenvalue weighted by molar-refractivity contribution is 6.32. The normalized spacial score (nSPS) is 13.6. The summed E-state index contributed by atoms with van der Waals surface area (Å²) in [6.45, 7) is 0.879. The number of hydrogen-bond acceptors (Lipinski definition) is 7. The van der Waals surface area contributed by atoms with Crippen LogP contribution in [0.5, 0.6) is 17.2 Å². The minimum Gasteiger partial charge on any atom is -0.505 e. The van der Waals surface area contributed by atoms with Crippen LogP contribution >= 0.6 is 11.6 Å². The number of ether oxygens (including phenoxy) is 2. The summed E-state index contributed by atoms with van der Waals surface area (Å²) in [4.78, 5) is 4.05. The average Bonchev–Trinajstić information content (AvgIpc) is 2.89. The average molecular weight is 284 g/mol. The van der Waals surface area contributed by atoms with Gasteiger partial charge in [-0.15, -0.1) is 0 Å². The van der Waals surface area contributed by atoms with Crippen LogP contribution in [0.15, 0.2) is 10.6 Å². The number of nitrogens with two attached hydrogens (primary N) is 1. The molecule has 0 bridgehead atoms. The molecular weight excluding hydrogens is 274 g/mol. The molecule has 1 aliphatic heterocycles. The van der Waals surface area contributed by atoms with Crippen molar-refractivity contribution in [2.75, 3.05) is 13.2 Å². The number of rotatable bonds is 2. The molecule has 1 aromatic carbocycles. The summed E-state index contributed by atoms with van der Waals surface area (Å²) in [7, 11) is 0. The molecule has 0 spiro atoms. The van der Waals surface area contributed by atoms with Gasteiger partial charge in [0.15, 0.2) is 11.5 Å². The largest absolute Gasteiger partial charge is 0.505 e. The fourth-order valence-electron chi connectivity index (χ4n) is 1.79. The van der Waals surface area contributed by atoms with Crippen molar-refractivity contribution < 1.29 is 19.1 Å². The number of fused-ring (bicyclic) bond motifs is 1. The van der Waals surface area contributed by atoms with E-state index in [-0.39, 0.29) is 34.6 Å². The first-order valence-corrected chi connectivity index (χ1v) is 5.92. The summed E-state index contributed by atoms with van der Waals surface area (Å²) in [5.41, 5.74) is 5.65. The van der Waals surface area contributed by atoms with Gasteiger partial charge in [0.25, 0.3) is 0 Å². The molecule has 0 unspecified atom stereocenters. The summed E-state index contributed by atoms with van der Waals surface area (Å²) in [6.07, 6.45) is 0. The van der Waals surface area contributed by atoms with Gasteiger partial charge in [0.1, 0.15) is 24.5 Å². The Labute approximate surface area is 112 Å². The van der Waals surface area contributed by atoms with Gasteiger partial charge in [-0.2, -0.15) is 4.98 Å². The molecule has 0 saturated heterocycles. The van der Waals surface area contributed by atoms with Crippen LogP contribution in [0.4, 0.5) is 0 Å². The van der Waals surface area contributed by atoms with Crippen LogP contribution in [0.1, 0.15) is 5.89 Å². The van der Waals surface area contributed by atoms with E-state index in [1.54, 1.807) is 0 Å². The van der Waals surface area contributed by atoms with Gasteiger partial charge in [-0.3, -0.25) is 0 Å². The molecule has 3 N–H and O–H groups in total. The highest BCUT2D eigenvalue weighted by Crippen LogP contribution is 2.48. The maximum Gasteiger partial charge on any atom is 0.240 e. The second-order valence-corrected chi connectivity index (χ2v) is 4.23. The number of phenols is 1. The quantitative estimate of drug-likeness (QED) is 0.856. The van der Waals surface area contributed by atoms with E-state index in [1.165, 1.54) is 6.07 Å². The minimum atomic E-state index is -0.185. The SMILES string of the molecule is NCc1nc(-c2c(O)c(Cl)cc3c2OCCO3)no1. The Kier molecular flexibility index (Phi) is 2.92. The van der Waals surface area contributed by atoms with Crippen LogP contribution in [-0.2, 0) is 6.54 Å². The Bertz CT molecular complexity index is 629. The second-order valence-electron chi connectivity index (χ2n) is 3.82. The molecule has 0 fully saturated rings. The molecule has 0 aliphatic carbocycles. The topological polar surface area (TPSA) is 104 Å². The van der Waals surface area contributed by atoms with E-state index in [0.29, 0.717) is 24.7 Å². The van der Waals surface area contributed by atoms with Crippen molar-refractivity contribution in [1.82, 2.24) is 10.1 Å². The molecule has 2 aromatic rings. The highest BCUT2D eigenvalue weighted by Gasteiger charge is 2.26. The molecule has 0 atom stereocenters. The zero-order valence-electron chi connectivity index (χ0n) is 9.72. The van der Waals surface area contributed by atoms with Crippen LogP contribution in [0, 0.1) is 0 Å². The number of aromatic nitrogens is 2. The summed E-state index contributed by atoms with van der Waals surface area (Å²) < 4.78 is 15.8. The fourth-order valence-corrected chi connectivity index (χ4v) is 1.99. The first-order chi connectivity index (χ1) is 9.20. The Hall–Kier alpha value is -1.99. The van der Waals surface area contributed by atoms with Crippen molar-refractivity contribution in [3.63, 3.8) is 0 Å². The number of aromatic hydroxyl groups is 1. The number of halogens is 1. The van der Waals surface area contributed by atoms with Crippen molar-refractivity contribution in [2.45, 2.75) is 6.54 Å². The predicted molar refractivity (Wildman–Crippen MR) is 65.3 cm³/mol. The van der Waals surface area contributed by atoms with E-state index >= 15 is 0 Å². The lowest BCUT2D eigenvalue weighted by Gasteiger charge is -2.21. The van der Waals surface area contributed by atoms with Gasteiger partial charge in [0, 0.05) is 6.07 Å². The molecule has 1 aliphatic rings. The molecule has 3 rings (SSSR count). The molecule has 100 valence electrons. The van der Waals surface area contributed by atoms with E-state index in [1.807, 2.05) is 0 Å². The molecule has 2 heterocycles. The van der Waals surface area contributed by atoms with E-state index in [4.69, 9.17) is 31.3 Å². The van der Waals surface area contributed by atoms with Gasteiger partial charge >= 0.3 is 0 Å². The van der Waals surface area contributed by atoms with Gasteiger partial charge in [0.2, 0.25) is 11.7 Å². The van der Waals surface area contributed by atoms with Crippen molar-refractivity contribution in [3.8, 4) is 28.6 Å². The van der Waals surface area contributed by atoms with Gasteiger partial charge in [-0.1, -0.05) is 16.8 Å². The maximum absolute atomic E-state index is 10.1. The van der Waals surface area contributed by atoms with Crippen molar-refractivity contribution in [2.24, 2.45) is 5.73 Å². The Morgan fingerprint density at radius 2 is 2.16 bits per heavy atom. The molecule has 1 aromatic heterocycles. The smallest absolute Gasteiger partial charge is 0.240 e. The number of hydrogen-bond donors (Lipinski definition) is 2. The predicted octanol–water partition coefficient (Wildman–Crippen LogP) is 1.33. The first-order valence-electron chi connectivity index (χ1n) is 5.54. The van der Waals surface area contributed by atoms with E-state index in [0.717, 1.165) is 0 Å². The lowest BCUT2D eigenvalue weighted by atomic mass is 10.1. The van der Waals surface area contributed by atoms with E-state index < -0.39 is 0 Å². The van der Waals surface area contributed by atoms with Crippen LogP contribution in [0.25, 0.3) is 11.4 Å². The van der Waals surface area contributed by atoms with Gasteiger partial charge in [-0.05, 0) is 0 Å². The van der Waals surface area contributed by atoms with E-state index in [2.05, 4.69) is 10.1 Å². The summed E-state index contributed by atoms with van der Waals surface area (Å²) >= 11 is 5.94. The van der Waals surface area contributed by atoms with Gasteiger partial charge < -0.3 is 24.8 Å². The van der Waals surface area contributed by atoms with Gasteiger partial charge in [-0.25, -0.2) is 0 Å². The molecule has 0 radical (unpaired) electrons. The fraction of sp³-hybridized carbons (Fsp3) is 0.273. The Morgan fingerprint density at radius 1 is 1.37 bits per heavy atom. The first kappa shape index (κ1) is 12.1. The molecule has 0 amide bonds. The standard InChI is InChI=1S/C11H10ClN3O4/c12-5-3-6-10(18-2-1-17-6)8(9(5)16)11-14-7(4-13)19-15-11/h3,16H,1-2,4,13H2. The molecule has 7 nitrogen and oxygen atoms in total. The molecule has 19 heavy (non-hydrogen) atoms. The number of phenolic OH excluding ortho intramolecular Hbond substituents is 1. The molecular formula is C11H10ClN3O4. The van der Waals surface area contributed by atoms with E-state index in [9.17, 15) is 5.11 Å². The lowest BCUT2D eigenvalue weighted by molar-refractivity contribution is 0.171. The summed E-state index contributed by atoms with van der Waals surface area (Å²) in [5.74, 6) is 0.998. The third-order valence-electron chi connectivity index (χ3n) is 2.63. The Balaban J connectivity index is 2.20. The van der Waals surface area contributed by atoms with Gasteiger partial charge in [0.05, 0.1) is 11.6 Å². The third kappa shape index (κ3) is 1.96. The van der Waals surface area contributed by atoms with Crippen LogP contribution in [0.2, 0.25) is 5.02 Å². The Morgan fingerprint density at radius 3 is 2.89 bits per heavy atom. The van der Waals surface area contributed by atoms with Crippen molar-refractivity contribution in [3.05, 3.63) is 17.0 Å². The van der Waals surface area contributed by atoms with Crippen LogP contribution in [0.3, 0.4) is 0 Å². The number of nitrogens with zero attached hydrogens (tertiary/aromatic N) is 2. The zero-order valence-corrected chi connectivity index (χ0v) is 10.5. The zero-order chi connectivity index (χ0) is 13.4. The second kappa shape index (κ2) is 4.60. The maximum atomic E-state index is 10.1. The van der Waals surface area contributed by atoms with Crippen molar-refractivity contribution in [1.29, 1.82) is 0 Å². The van der Waals surface area contributed by atoms with Crippen LogP contribution in [-0.4, -0.2) is 28.5 Å². The van der Waals surface area contributed by atoms with Crippen molar-refractivity contribution >= 4 is 11.6 Å². The highest BCUT2D eigenvalue weighted by atomic mass is 35.5. The third-order valence-corrected chi connectivity index (χ3v) is 2.91. The lowest BCUT2D eigenvalue weighted by Crippen LogP contribution is -2.16. The number of benzene rings is 1.